The molecule has 0 saturated heterocycles. The second-order valence-electron chi connectivity index (χ2n) is 5.29. The normalized spacial score (nSPS) is 17.9. The molecule has 1 saturated carbocycles. The van der Waals surface area contributed by atoms with Gasteiger partial charge in [-0.25, -0.2) is 0 Å². The van der Waals surface area contributed by atoms with E-state index in [1.165, 1.54) is 6.42 Å². The van der Waals surface area contributed by atoms with Gasteiger partial charge in [-0.3, -0.25) is 4.79 Å². The van der Waals surface area contributed by atoms with Crippen molar-refractivity contribution in [2.75, 3.05) is 6.61 Å². The maximum absolute atomic E-state index is 10.7. The molecule has 0 radical (unpaired) electrons. The van der Waals surface area contributed by atoms with Crippen LogP contribution >= 0.6 is 0 Å². The molecule has 0 unspecified atom stereocenters. The summed E-state index contributed by atoms with van der Waals surface area (Å²) in [4.78, 5) is 10.7. The zero-order valence-electron chi connectivity index (χ0n) is 11.0. The Morgan fingerprint density at radius 2 is 2.00 bits per heavy atom. The van der Waals surface area contributed by atoms with Crippen molar-refractivity contribution in [2.45, 2.75) is 44.1 Å². The molecule has 0 spiro atoms. The number of benzene rings is 1. The molecule has 1 aromatic carbocycles. The lowest BCUT2D eigenvalue weighted by Gasteiger charge is -2.31. The predicted molar refractivity (Wildman–Crippen MR) is 71.3 cm³/mol. The first-order chi connectivity index (χ1) is 9.07. The van der Waals surface area contributed by atoms with Crippen LogP contribution in [-0.4, -0.2) is 28.4 Å². The van der Waals surface area contributed by atoms with Crippen LogP contribution in [-0.2, 0) is 11.2 Å². The van der Waals surface area contributed by atoms with Crippen LogP contribution in [0.1, 0.15) is 37.7 Å². The number of aliphatic hydroxyl groups is 1. The summed E-state index contributed by atoms with van der Waals surface area (Å²) in [7, 11) is 0. The Balaban J connectivity index is 1.93. The molecule has 104 valence electrons. The van der Waals surface area contributed by atoms with Gasteiger partial charge in [0.2, 0.25) is 0 Å². The smallest absolute Gasteiger partial charge is 0.307 e. The molecule has 0 heterocycles. The molecule has 1 fully saturated rings. The molecule has 19 heavy (non-hydrogen) atoms. The highest BCUT2D eigenvalue weighted by Crippen LogP contribution is 2.28. The van der Waals surface area contributed by atoms with E-state index >= 15 is 0 Å². The van der Waals surface area contributed by atoms with Crippen LogP contribution in [0.2, 0.25) is 0 Å². The molecule has 1 aliphatic rings. The fraction of sp³-hybridized carbons (Fsp3) is 0.533. The van der Waals surface area contributed by atoms with Gasteiger partial charge in [-0.2, -0.15) is 0 Å². The van der Waals surface area contributed by atoms with Gasteiger partial charge in [-0.05, 0) is 30.5 Å². The van der Waals surface area contributed by atoms with Crippen molar-refractivity contribution in [3.8, 4) is 5.75 Å². The van der Waals surface area contributed by atoms with E-state index in [4.69, 9.17) is 9.84 Å². The highest BCUT2D eigenvalue weighted by atomic mass is 16.5. The summed E-state index contributed by atoms with van der Waals surface area (Å²) in [6, 6.07) is 7.05. The Morgan fingerprint density at radius 1 is 1.26 bits per heavy atom. The van der Waals surface area contributed by atoms with E-state index in [2.05, 4.69) is 0 Å². The van der Waals surface area contributed by atoms with E-state index in [9.17, 15) is 9.90 Å². The van der Waals surface area contributed by atoms with Crippen LogP contribution < -0.4 is 4.74 Å². The van der Waals surface area contributed by atoms with Crippen molar-refractivity contribution >= 4 is 5.97 Å². The third-order valence-electron chi connectivity index (χ3n) is 3.55. The van der Waals surface area contributed by atoms with E-state index in [0.717, 1.165) is 25.7 Å². The van der Waals surface area contributed by atoms with E-state index in [0.29, 0.717) is 11.3 Å². The Bertz CT molecular complexity index is 436. The number of aliphatic carboxylic acids is 1. The Hall–Kier alpha value is -1.55. The van der Waals surface area contributed by atoms with Crippen molar-refractivity contribution in [1.29, 1.82) is 0 Å². The Kier molecular flexibility index (Phi) is 4.43. The summed E-state index contributed by atoms with van der Waals surface area (Å²) in [5, 5.41) is 19.1. The lowest BCUT2D eigenvalue weighted by Crippen LogP contribution is -2.37. The van der Waals surface area contributed by atoms with Crippen molar-refractivity contribution in [2.24, 2.45) is 0 Å². The first kappa shape index (κ1) is 13.9. The Labute approximate surface area is 113 Å². The molecule has 0 aromatic heterocycles. The third kappa shape index (κ3) is 4.24. The van der Waals surface area contributed by atoms with Crippen molar-refractivity contribution in [3.05, 3.63) is 29.8 Å². The van der Waals surface area contributed by atoms with E-state index in [1.807, 2.05) is 0 Å². The highest BCUT2D eigenvalue weighted by molar-refractivity contribution is 5.70. The first-order valence-electron chi connectivity index (χ1n) is 6.73. The molecule has 0 aliphatic heterocycles. The minimum atomic E-state index is -0.858. The molecular formula is C15H20O4. The fourth-order valence-electron chi connectivity index (χ4n) is 2.49. The van der Waals surface area contributed by atoms with E-state index < -0.39 is 11.6 Å². The average molecular weight is 264 g/mol. The van der Waals surface area contributed by atoms with Gasteiger partial charge in [0.05, 0.1) is 12.0 Å². The number of hydrogen-bond donors (Lipinski definition) is 2. The summed E-state index contributed by atoms with van der Waals surface area (Å²) in [6.07, 6.45) is 4.80. The fourth-order valence-corrected chi connectivity index (χ4v) is 2.49. The third-order valence-corrected chi connectivity index (χ3v) is 3.55. The highest BCUT2D eigenvalue weighted by Gasteiger charge is 2.29. The van der Waals surface area contributed by atoms with Gasteiger partial charge in [0, 0.05) is 0 Å². The number of carboxylic acids is 1. The van der Waals surface area contributed by atoms with Crippen LogP contribution in [0.3, 0.4) is 0 Å². The topological polar surface area (TPSA) is 66.8 Å². The van der Waals surface area contributed by atoms with Crippen molar-refractivity contribution < 1.29 is 19.7 Å². The minimum Gasteiger partial charge on any atom is -0.491 e. The van der Waals surface area contributed by atoms with Gasteiger partial charge in [0.25, 0.3) is 0 Å². The molecular weight excluding hydrogens is 244 g/mol. The molecule has 4 heteroatoms. The monoisotopic (exact) mass is 264 g/mol. The maximum atomic E-state index is 10.7. The summed E-state index contributed by atoms with van der Waals surface area (Å²) < 4.78 is 5.63. The van der Waals surface area contributed by atoms with Gasteiger partial charge in [-0.1, -0.05) is 31.4 Å². The quantitative estimate of drug-likeness (QED) is 0.857. The molecule has 0 atom stereocenters. The van der Waals surface area contributed by atoms with Crippen LogP contribution in [0.15, 0.2) is 24.3 Å². The van der Waals surface area contributed by atoms with Gasteiger partial charge >= 0.3 is 5.97 Å². The summed E-state index contributed by atoms with van der Waals surface area (Å²) in [5.41, 5.74) is -0.0123. The van der Waals surface area contributed by atoms with Crippen LogP contribution in [0.4, 0.5) is 0 Å². The standard InChI is InChI=1S/C15H20O4/c16-14(17)10-12-5-4-6-13(9-12)19-11-15(18)7-2-1-3-8-15/h4-6,9,18H,1-3,7-8,10-11H2,(H,16,17). The first-order valence-corrected chi connectivity index (χ1v) is 6.73. The van der Waals surface area contributed by atoms with Gasteiger partial charge < -0.3 is 14.9 Å². The van der Waals surface area contributed by atoms with Crippen molar-refractivity contribution in [1.82, 2.24) is 0 Å². The SMILES string of the molecule is O=C(O)Cc1cccc(OCC2(O)CCCCC2)c1. The van der Waals surface area contributed by atoms with Crippen molar-refractivity contribution in [3.63, 3.8) is 0 Å². The zero-order valence-corrected chi connectivity index (χ0v) is 11.0. The molecule has 4 nitrogen and oxygen atoms in total. The van der Waals surface area contributed by atoms with Gasteiger partial charge in [0.15, 0.2) is 0 Å². The summed E-state index contributed by atoms with van der Waals surface area (Å²) >= 11 is 0. The molecule has 2 N–H and O–H groups in total. The van der Waals surface area contributed by atoms with Gasteiger partial charge in [0.1, 0.15) is 12.4 Å². The molecule has 1 aromatic rings. The molecule has 2 rings (SSSR count). The summed E-state index contributed by atoms with van der Waals surface area (Å²) in [6.45, 7) is 0.281. The van der Waals surface area contributed by atoms with Crippen LogP contribution in [0.5, 0.6) is 5.75 Å². The Morgan fingerprint density at radius 3 is 2.68 bits per heavy atom. The second-order valence-corrected chi connectivity index (χ2v) is 5.29. The van der Waals surface area contributed by atoms with Crippen LogP contribution in [0.25, 0.3) is 0 Å². The second kappa shape index (κ2) is 6.06. The molecule has 0 bridgehead atoms. The number of ether oxygens (including phenoxy) is 1. The summed E-state index contributed by atoms with van der Waals surface area (Å²) in [5.74, 6) is -0.235. The zero-order chi connectivity index (χ0) is 13.7. The number of rotatable bonds is 5. The van der Waals surface area contributed by atoms with Crippen LogP contribution in [0, 0.1) is 0 Å². The lowest BCUT2D eigenvalue weighted by atomic mass is 9.85. The average Bonchev–Trinajstić information content (AvgIpc) is 2.37. The van der Waals surface area contributed by atoms with E-state index in [1.54, 1.807) is 24.3 Å². The lowest BCUT2D eigenvalue weighted by molar-refractivity contribution is -0.136. The largest absolute Gasteiger partial charge is 0.491 e. The maximum Gasteiger partial charge on any atom is 0.307 e. The number of carboxylic acid groups (broad SMARTS) is 1. The molecule has 1 aliphatic carbocycles. The van der Waals surface area contributed by atoms with E-state index in [-0.39, 0.29) is 13.0 Å². The number of hydrogen-bond acceptors (Lipinski definition) is 3. The molecule has 0 amide bonds. The predicted octanol–water partition coefficient (Wildman–Crippen LogP) is 2.39. The minimum absolute atomic E-state index is 0.0124. The van der Waals surface area contributed by atoms with Gasteiger partial charge in [-0.15, -0.1) is 0 Å². The number of carbonyl (C=O) groups is 1.